The molecule has 4 rings (SSSR count). The standard InChI is InChI=1S/C19H21N5O3/c1-2-7-23(10-12-5-6-12)19(26)14-9-13(15-4-3-8-27-15)22-18-16(17(20)25)21-11-24(14)18/h3-4,8-9,11-12H,2,5-7,10H2,1H3,(H2,20,25). The lowest BCUT2D eigenvalue weighted by Gasteiger charge is -2.22. The van der Waals surface area contributed by atoms with Crippen LogP contribution in [0.1, 0.15) is 47.2 Å². The van der Waals surface area contributed by atoms with Gasteiger partial charge >= 0.3 is 0 Å². The van der Waals surface area contributed by atoms with Crippen molar-refractivity contribution in [1.82, 2.24) is 19.3 Å². The molecule has 3 aromatic heterocycles. The number of nitrogens with zero attached hydrogens (tertiary/aromatic N) is 4. The molecule has 3 heterocycles. The van der Waals surface area contributed by atoms with E-state index in [9.17, 15) is 9.59 Å². The first-order valence-electron chi connectivity index (χ1n) is 9.09. The number of rotatable bonds is 7. The molecule has 2 amide bonds. The highest BCUT2D eigenvalue weighted by Gasteiger charge is 2.29. The van der Waals surface area contributed by atoms with E-state index in [-0.39, 0.29) is 17.2 Å². The van der Waals surface area contributed by atoms with Crippen LogP contribution in [0.3, 0.4) is 0 Å². The first-order chi connectivity index (χ1) is 13.1. The summed E-state index contributed by atoms with van der Waals surface area (Å²) in [5.74, 6) is 0.277. The van der Waals surface area contributed by atoms with Gasteiger partial charge in [-0.15, -0.1) is 0 Å². The van der Waals surface area contributed by atoms with Crippen molar-refractivity contribution in [2.75, 3.05) is 13.1 Å². The van der Waals surface area contributed by atoms with Crippen LogP contribution >= 0.6 is 0 Å². The highest BCUT2D eigenvalue weighted by molar-refractivity contribution is 5.99. The Hall–Kier alpha value is -3.16. The second-order valence-electron chi connectivity index (χ2n) is 6.85. The topological polar surface area (TPSA) is 107 Å². The molecule has 3 aromatic rings. The Balaban J connectivity index is 1.84. The number of primary amides is 1. The second kappa shape index (κ2) is 6.86. The van der Waals surface area contributed by atoms with Gasteiger partial charge in [-0.1, -0.05) is 6.92 Å². The number of aromatic nitrogens is 3. The highest BCUT2D eigenvalue weighted by atomic mass is 16.3. The maximum absolute atomic E-state index is 13.3. The van der Waals surface area contributed by atoms with Gasteiger partial charge in [-0.3, -0.25) is 14.0 Å². The Kier molecular flexibility index (Phi) is 4.39. The van der Waals surface area contributed by atoms with Crippen LogP contribution in [-0.2, 0) is 0 Å². The van der Waals surface area contributed by atoms with Crippen molar-refractivity contribution in [3.05, 3.63) is 42.2 Å². The average molecular weight is 367 g/mol. The number of hydrogen-bond donors (Lipinski definition) is 1. The smallest absolute Gasteiger partial charge is 0.271 e. The van der Waals surface area contributed by atoms with Crippen LogP contribution in [-0.4, -0.2) is 44.2 Å². The zero-order valence-electron chi connectivity index (χ0n) is 15.1. The van der Waals surface area contributed by atoms with E-state index in [4.69, 9.17) is 10.2 Å². The van der Waals surface area contributed by atoms with E-state index < -0.39 is 5.91 Å². The number of fused-ring (bicyclic) bond motifs is 1. The van der Waals surface area contributed by atoms with Crippen molar-refractivity contribution in [3.8, 4) is 11.5 Å². The monoisotopic (exact) mass is 367 g/mol. The molecule has 0 radical (unpaired) electrons. The number of hydrogen-bond acceptors (Lipinski definition) is 5. The summed E-state index contributed by atoms with van der Waals surface area (Å²) in [6.45, 7) is 3.46. The molecule has 1 saturated carbocycles. The Bertz CT molecular complexity index is 988. The minimum Gasteiger partial charge on any atom is -0.463 e. The second-order valence-corrected chi connectivity index (χ2v) is 6.85. The number of nitrogens with two attached hydrogens (primary N) is 1. The average Bonchev–Trinajstić information content (AvgIpc) is 3.13. The summed E-state index contributed by atoms with van der Waals surface area (Å²) in [5, 5.41) is 0. The largest absolute Gasteiger partial charge is 0.463 e. The fraction of sp³-hybridized carbons (Fsp3) is 0.368. The number of carbonyl (C=O) groups excluding carboxylic acids is 2. The molecular formula is C19H21N5O3. The zero-order chi connectivity index (χ0) is 19.0. The third kappa shape index (κ3) is 3.30. The van der Waals surface area contributed by atoms with E-state index >= 15 is 0 Å². The van der Waals surface area contributed by atoms with Crippen molar-refractivity contribution < 1.29 is 14.0 Å². The summed E-state index contributed by atoms with van der Waals surface area (Å²) in [7, 11) is 0. The van der Waals surface area contributed by atoms with Crippen LogP contribution in [0.4, 0.5) is 0 Å². The van der Waals surface area contributed by atoms with Crippen molar-refractivity contribution in [2.45, 2.75) is 26.2 Å². The maximum atomic E-state index is 13.3. The van der Waals surface area contributed by atoms with E-state index in [0.29, 0.717) is 29.6 Å². The van der Waals surface area contributed by atoms with E-state index in [1.807, 2.05) is 11.8 Å². The van der Waals surface area contributed by atoms with Crippen LogP contribution in [0.15, 0.2) is 35.2 Å². The van der Waals surface area contributed by atoms with Crippen molar-refractivity contribution in [3.63, 3.8) is 0 Å². The molecule has 2 N–H and O–H groups in total. The Morgan fingerprint density at radius 1 is 1.41 bits per heavy atom. The van der Waals surface area contributed by atoms with E-state index in [1.165, 1.54) is 17.0 Å². The maximum Gasteiger partial charge on any atom is 0.271 e. The zero-order valence-corrected chi connectivity index (χ0v) is 15.1. The molecule has 0 spiro atoms. The molecule has 0 bridgehead atoms. The minimum atomic E-state index is -0.691. The van der Waals surface area contributed by atoms with Crippen molar-refractivity contribution >= 4 is 17.5 Å². The predicted octanol–water partition coefficient (Wildman–Crippen LogP) is 2.35. The summed E-state index contributed by atoms with van der Waals surface area (Å²) in [4.78, 5) is 35.4. The fourth-order valence-electron chi connectivity index (χ4n) is 3.18. The highest BCUT2D eigenvalue weighted by Crippen LogP contribution is 2.30. The molecule has 1 aliphatic rings. The molecule has 0 aromatic carbocycles. The van der Waals surface area contributed by atoms with Gasteiger partial charge in [0.05, 0.1) is 6.26 Å². The molecule has 0 unspecified atom stereocenters. The third-order valence-corrected chi connectivity index (χ3v) is 4.68. The molecule has 0 atom stereocenters. The summed E-state index contributed by atoms with van der Waals surface area (Å²) < 4.78 is 6.96. The number of carbonyl (C=O) groups is 2. The Labute approximate surface area is 156 Å². The molecule has 8 nitrogen and oxygen atoms in total. The van der Waals surface area contributed by atoms with Crippen LogP contribution in [0.2, 0.25) is 0 Å². The fourth-order valence-corrected chi connectivity index (χ4v) is 3.18. The van der Waals surface area contributed by atoms with Gasteiger partial charge in [-0.2, -0.15) is 0 Å². The van der Waals surface area contributed by atoms with Gasteiger partial charge in [0.15, 0.2) is 17.1 Å². The van der Waals surface area contributed by atoms with Gasteiger partial charge in [-0.05, 0) is 43.4 Å². The Morgan fingerprint density at radius 3 is 2.85 bits per heavy atom. The molecule has 27 heavy (non-hydrogen) atoms. The molecule has 0 saturated heterocycles. The number of amides is 2. The van der Waals surface area contributed by atoms with E-state index in [0.717, 1.165) is 25.8 Å². The lowest BCUT2D eigenvalue weighted by molar-refractivity contribution is 0.0740. The quantitative estimate of drug-likeness (QED) is 0.690. The van der Waals surface area contributed by atoms with Gasteiger partial charge in [0.1, 0.15) is 17.7 Å². The van der Waals surface area contributed by atoms with Crippen molar-refractivity contribution in [1.29, 1.82) is 0 Å². The third-order valence-electron chi connectivity index (χ3n) is 4.68. The van der Waals surface area contributed by atoms with E-state index in [2.05, 4.69) is 9.97 Å². The summed E-state index contributed by atoms with van der Waals surface area (Å²) >= 11 is 0. The number of imidazole rings is 1. The lowest BCUT2D eigenvalue weighted by Crippen LogP contribution is -2.34. The first kappa shape index (κ1) is 17.3. The predicted molar refractivity (Wildman–Crippen MR) is 98.1 cm³/mol. The van der Waals surface area contributed by atoms with Crippen LogP contribution in [0.25, 0.3) is 17.1 Å². The van der Waals surface area contributed by atoms with Gasteiger partial charge in [0.25, 0.3) is 11.8 Å². The van der Waals surface area contributed by atoms with Gasteiger partial charge in [0, 0.05) is 13.1 Å². The van der Waals surface area contributed by atoms with Crippen molar-refractivity contribution in [2.24, 2.45) is 11.7 Å². The summed E-state index contributed by atoms with van der Waals surface area (Å²) in [6, 6.07) is 5.17. The van der Waals surface area contributed by atoms with E-state index in [1.54, 1.807) is 18.2 Å². The lowest BCUT2D eigenvalue weighted by atomic mass is 10.2. The molecule has 1 fully saturated rings. The van der Waals surface area contributed by atoms with Crippen LogP contribution < -0.4 is 5.73 Å². The van der Waals surface area contributed by atoms with Gasteiger partial charge < -0.3 is 15.1 Å². The van der Waals surface area contributed by atoms with Crippen LogP contribution in [0, 0.1) is 5.92 Å². The van der Waals surface area contributed by atoms with Gasteiger partial charge in [-0.25, -0.2) is 9.97 Å². The molecule has 140 valence electrons. The molecule has 8 heteroatoms. The SMILES string of the molecule is CCCN(CC1CC1)C(=O)c1cc(-c2ccco2)nc2c(C(N)=O)ncn12. The van der Waals surface area contributed by atoms with Gasteiger partial charge in [0.2, 0.25) is 0 Å². The molecular weight excluding hydrogens is 346 g/mol. The molecule has 0 aliphatic heterocycles. The number of furan rings is 1. The normalized spacial score (nSPS) is 13.8. The first-order valence-corrected chi connectivity index (χ1v) is 9.09. The summed E-state index contributed by atoms with van der Waals surface area (Å²) in [5.41, 5.74) is 6.56. The van der Waals surface area contributed by atoms with Crippen LogP contribution in [0.5, 0.6) is 0 Å². The minimum absolute atomic E-state index is 0.0293. The Morgan fingerprint density at radius 2 is 2.22 bits per heavy atom. The molecule has 1 aliphatic carbocycles. The summed E-state index contributed by atoms with van der Waals surface area (Å²) in [6.07, 6.45) is 6.14.